The molecule has 0 amide bonds. The number of cyclic esters (lactones) is 1. The third-order valence-electron chi connectivity index (χ3n) is 2.90. The first-order valence-electron chi connectivity index (χ1n) is 5.74. The molecule has 0 aliphatic carbocycles. The van der Waals surface area contributed by atoms with Crippen LogP contribution >= 0.6 is 0 Å². The van der Waals surface area contributed by atoms with Crippen molar-refractivity contribution in [1.82, 2.24) is 0 Å². The highest BCUT2D eigenvalue weighted by Gasteiger charge is 2.30. The molecule has 0 fully saturated rings. The Balaban J connectivity index is 2.55. The van der Waals surface area contributed by atoms with Gasteiger partial charge >= 0.3 is 5.97 Å². The first kappa shape index (κ1) is 12.7. The normalized spacial score (nSPS) is 13.2. The summed E-state index contributed by atoms with van der Waals surface area (Å²) in [5.41, 5.74) is 2.00. The highest BCUT2D eigenvalue weighted by Crippen LogP contribution is 2.38. The van der Waals surface area contributed by atoms with Gasteiger partial charge in [-0.25, -0.2) is 4.79 Å². The average Bonchev–Trinajstić information content (AvgIpc) is 2.78. The molecular weight excluding hydrogens is 236 g/mol. The van der Waals surface area contributed by atoms with Gasteiger partial charge in [0, 0.05) is 23.8 Å². The second-order valence-corrected chi connectivity index (χ2v) is 3.83. The van der Waals surface area contributed by atoms with Gasteiger partial charge in [0.2, 0.25) is 0 Å². The lowest BCUT2D eigenvalue weighted by Crippen LogP contribution is -2.06. The number of hydrogen-bond donors (Lipinski definition) is 0. The number of methoxy groups -OCH3 is 2. The van der Waals surface area contributed by atoms with Crippen LogP contribution in [0.3, 0.4) is 0 Å². The SMILES string of the molecule is CCOCc1c(OC)cc(OC)c2c1C(=O)OC2. The van der Waals surface area contributed by atoms with E-state index in [0.29, 0.717) is 30.3 Å². The maximum Gasteiger partial charge on any atom is 0.339 e. The third kappa shape index (κ3) is 2.01. The molecule has 0 radical (unpaired) electrons. The van der Waals surface area contributed by atoms with Crippen LogP contribution in [-0.2, 0) is 22.7 Å². The average molecular weight is 252 g/mol. The molecule has 0 bridgehead atoms. The number of ether oxygens (including phenoxy) is 4. The first-order valence-corrected chi connectivity index (χ1v) is 5.74. The van der Waals surface area contributed by atoms with Gasteiger partial charge in [0.1, 0.15) is 18.1 Å². The molecule has 1 heterocycles. The van der Waals surface area contributed by atoms with Crippen molar-refractivity contribution < 1.29 is 23.7 Å². The Kier molecular flexibility index (Phi) is 3.72. The maximum atomic E-state index is 11.8. The summed E-state index contributed by atoms with van der Waals surface area (Å²) in [4.78, 5) is 11.8. The molecule has 5 nitrogen and oxygen atoms in total. The van der Waals surface area contributed by atoms with Crippen LogP contribution in [0.4, 0.5) is 0 Å². The molecule has 0 N–H and O–H groups in total. The lowest BCUT2D eigenvalue weighted by Gasteiger charge is -2.14. The number of benzene rings is 1. The summed E-state index contributed by atoms with van der Waals surface area (Å²) >= 11 is 0. The second-order valence-electron chi connectivity index (χ2n) is 3.83. The van der Waals surface area contributed by atoms with E-state index in [0.717, 1.165) is 11.1 Å². The fourth-order valence-corrected chi connectivity index (χ4v) is 2.03. The van der Waals surface area contributed by atoms with E-state index in [1.807, 2.05) is 6.92 Å². The molecule has 0 unspecified atom stereocenters. The number of hydrogen-bond acceptors (Lipinski definition) is 5. The summed E-state index contributed by atoms with van der Waals surface area (Å²) in [5.74, 6) is 0.836. The molecule has 0 atom stereocenters. The van der Waals surface area contributed by atoms with Crippen LogP contribution in [0.5, 0.6) is 11.5 Å². The largest absolute Gasteiger partial charge is 0.496 e. The van der Waals surface area contributed by atoms with Crippen LogP contribution in [0.25, 0.3) is 0 Å². The van der Waals surface area contributed by atoms with Gasteiger partial charge in [-0.2, -0.15) is 0 Å². The minimum Gasteiger partial charge on any atom is -0.496 e. The number of carbonyl (C=O) groups is 1. The highest BCUT2D eigenvalue weighted by atomic mass is 16.5. The molecule has 18 heavy (non-hydrogen) atoms. The molecule has 98 valence electrons. The van der Waals surface area contributed by atoms with Gasteiger partial charge in [-0.3, -0.25) is 0 Å². The van der Waals surface area contributed by atoms with Crippen molar-refractivity contribution in [2.45, 2.75) is 20.1 Å². The van der Waals surface area contributed by atoms with Crippen LogP contribution in [0.15, 0.2) is 6.07 Å². The standard InChI is InChI=1S/C13H16O5/c1-4-17-6-8-10(15-2)5-11(16-3)9-7-18-13(14)12(8)9/h5H,4,6-7H2,1-3H3. The van der Waals surface area contributed by atoms with Crippen LogP contribution in [0.1, 0.15) is 28.4 Å². The summed E-state index contributed by atoms with van der Waals surface area (Å²) in [6, 6.07) is 1.76. The smallest absolute Gasteiger partial charge is 0.339 e. The Morgan fingerprint density at radius 2 is 2.00 bits per heavy atom. The quantitative estimate of drug-likeness (QED) is 0.749. The summed E-state index contributed by atoms with van der Waals surface area (Å²) in [7, 11) is 3.11. The van der Waals surface area contributed by atoms with Crippen molar-refractivity contribution in [3.05, 3.63) is 22.8 Å². The molecular formula is C13H16O5. The first-order chi connectivity index (χ1) is 8.72. The van der Waals surface area contributed by atoms with E-state index in [1.165, 1.54) is 0 Å². The molecule has 1 aromatic rings. The predicted molar refractivity (Wildman–Crippen MR) is 64.0 cm³/mol. The van der Waals surface area contributed by atoms with Gasteiger partial charge < -0.3 is 18.9 Å². The Bertz CT molecular complexity index is 467. The van der Waals surface area contributed by atoms with Gasteiger partial charge in [-0.05, 0) is 6.92 Å². The molecule has 1 aliphatic rings. The van der Waals surface area contributed by atoms with Gasteiger partial charge in [0.25, 0.3) is 0 Å². The Hall–Kier alpha value is -1.75. The van der Waals surface area contributed by atoms with E-state index in [-0.39, 0.29) is 12.6 Å². The zero-order valence-electron chi connectivity index (χ0n) is 10.7. The Morgan fingerprint density at radius 3 is 2.61 bits per heavy atom. The minimum atomic E-state index is -0.350. The van der Waals surface area contributed by atoms with Crippen LogP contribution in [0.2, 0.25) is 0 Å². The summed E-state index contributed by atoms with van der Waals surface area (Å²) in [6.45, 7) is 3.02. The number of fused-ring (bicyclic) bond motifs is 1. The molecule has 2 rings (SSSR count). The molecule has 5 heteroatoms. The lowest BCUT2D eigenvalue weighted by atomic mass is 10.0. The fourth-order valence-electron chi connectivity index (χ4n) is 2.03. The number of carbonyl (C=O) groups excluding carboxylic acids is 1. The van der Waals surface area contributed by atoms with E-state index in [4.69, 9.17) is 18.9 Å². The van der Waals surface area contributed by atoms with Crippen molar-refractivity contribution >= 4 is 5.97 Å². The number of rotatable bonds is 5. The van der Waals surface area contributed by atoms with Crippen LogP contribution in [-0.4, -0.2) is 26.8 Å². The molecule has 0 spiro atoms. The summed E-state index contributed by atoms with van der Waals surface area (Å²) in [6.07, 6.45) is 0. The number of esters is 1. The molecule has 1 aliphatic heterocycles. The zero-order valence-corrected chi connectivity index (χ0v) is 10.7. The van der Waals surface area contributed by atoms with Crippen molar-refractivity contribution in [3.8, 4) is 11.5 Å². The molecule has 0 saturated carbocycles. The van der Waals surface area contributed by atoms with E-state index < -0.39 is 0 Å². The van der Waals surface area contributed by atoms with Gasteiger partial charge in [0.15, 0.2) is 0 Å². The Morgan fingerprint density at radius 1 is 1.28 bits per heavy atom. The second kappa shape index (κ2) is 5.27. The third-order valence-corrected chi connectivity index (χ3v) is 2.90. The van der Waals surface area contributed by atoms with E-state index in [1.54, 1.807) is 20.3 Å². The van der Waals surface area contributed by atoms with Gasteiger partial charge in [-0.1, -0.05) is 0 Å². The minimum absolute atomic E-state index is 0.237. The van der Waals surface area contributed by atoms with Crippen LogP contribution in [0, 0.1) is 0 Å². The summed E-state index contributed by atoms with van der Waals surface area (Å²) in [5, 5.41) is 0. The Labute approximate surface area is 106 Å². The van der Waals surface area contributed by atoms with Crippen molar-refractivity contribution in [1.29, 1.82) is 0 Å². The molecule has 0 saturated heterocycles. The van der Waals surface area contributed by atoms with E-state index in [9.17, 15) is 4.79 Å². The topological polar surface area (TPSA) is 54.0 Å². The van der Waals surface area contributed by atoms with Gasteiger partial charge in [-0.15, -0.1) is 0 Å². The maximum absolute atomic E-state index is 11.8. The molecule has 0 aromatic heterocycles. The lowest BCUT2D eigenvalue weighted by molar-refractivity contribution is 0.0529. The van der Waals surface area contributed by atoms with Crippen molar-refractivity contribution in [3.63, 3.8) is 0 Å². The van der Waals surface area contributed by atoms with E-state index in [2.05, 4.69) is 0 Å². The monoisotopic (exact) mass is 252 g/mol. The summed E-state index contributed by atoms with van der Waals surface area (Å²) < 4.78 is 21.0. The zero-order chi connectivity index (χ0) is 13.1. The molecule has 1 aromatic carbocycles. The predicted octanol–water partition coefficient (Wildman–Crippen LogP) is 1.91. The van der Waals surface area contributed by atoms with Crippen molar-refractivity contribution in [2.75, 3.05) is 20.8 Å². The van der Waals surface area contributed by atoms with Crippen molar-refractivity contribution in [2.24, 2.45) is 0 Å². The van der Waals surface area contributed by atoms with Gasteiger partial charge in [0.05, 0.1) is 26.4 Å². The van der Waals surface area contributed by atoms with Crippen LogP contribution < -0.4 is 9.47 Å². The highest BCUT2D eigenvalue weighted by molar-refractivity contribution is 5.96. The fraction of sp³-hybridized carbons (Fsp3) is 0.462. The van der Waals surface area contributed by atoms with E-state index >= 15 is 0 Å².